The van der Waals surface area contributed by atoms with Gasteiger partial charge in [-0.15, -0.1) is 0 Å². The summed E-state index contributed by atoms with van der Waals surface area (Å²) in [5, 5.41) is 3.43. The fourth-order valence-electron chi connectivity index (χ4n) is 3.70. The van der Waals surface area contributed by atoms with E-state index < -0.39 is 0 Å². The van der Waals surface area contributed by atoms with Crippen LogP contribution < -0.4 is 15.0 Å². The van der Waals surface area contributed by atoms with E-state index in [9.17, 15) is 0 Å². The van der Waals surface area contributed by atoms with Crippen LogP contribution in [0, 0.1) is 0 Å². The van der Waals surface area contributed by atoms with Crippen LogP contribution in [-0.4, -0.2) is 56.8 Å². The normalized spacial score (nSPS) is 22.7. The van der Waals surface area contributed by atoms with Crippen molar-refractivity contribution in [2.75, 3.05) is 44.7 Å². The number of rotatable bonds is 4. The Morgan fingerprint density at radius 1 is 1.29 bits per heavy atom. The van der Waals surface area contributed by atoms with Crippen LogP contribution in [0.1, 0.15) is 19.4 Å². The first-order valence-corrected chi connectivity index (χ1v) is 8.07. The lowest BCUT2D eigenvalue weighted by molar-refractivity contribution is 0.224. The van der Waals surface area contributed by atoms with Crippen molar-refractivity contribution < 1.29 is 4.74 Å². The van der Waals surface area contributed by atoms with Gasteiger partial charge in [0.2, 0.25) is 0 Å². The van der Waals surface area contributed by atoms with E-state index in [-0.39, 0.29) is 0 Å². The monoisotopic (exact) mass is 289 g/mol. The van der Waals surface area contributed by atoms with E-state index >= 15 is 0 Å². The van der Waals surface area contributed by atoms with Crippen LogP contribution in [0.2, 0.25) is 0 Å². The van der Waals surface area contributed by atoms with Gasteiger partial charge >= 0.3 is 0 Å². The zero-order chi connectivity index (χ0) is 14.8. The van der Waals surface area contributed by atoms with Gasteiger partial charge in [-0.1, -0.05) is 0 Å². The maximum Gasteiger partial charge on any atom is 0.119 e. The van der Waals surface area contributed by atoms with E-state index in [2.05, 4.69) is 47.2 Å². The van der Waals surface area contributed by atoms with Crippen molar-refractivity contribution in [3.05, 3.63) is 23.8 Å². The molecule has 4 heteroatoms. The third-order valence-electron chi connectivity index (χ3n) is 4.65. The topological polar surface area (TPSA) is 27.7 Å². The molecular formula is C17H27N3O. The summed E-state index contributed by atoms with van der Waals surface area (Å²) in [6.45, 7) is 10.3. The number of methoxy groups -OCH3 is 1. The van der Waals surface area contributed by atoms with E-state index in [1.807, 2.05) is 0 Å². The van der Waals surface area contributed by atoms with Crippen LogP contribution in [0.3, 0.4) is 0 Å². The average Bonchev–Trinajstić information content (AvgIpc) is 2.85. The molecule has 1 fully saturated rings. The Morgan fingerprint density at radius 3 is 2.71 bits per heavy atom. The minimum atomic E-state index is 0.535. The van der Waals surface area contributed by atoms with Crippen LogP contribution in [0.25, 0.3) is 0 Å². The molecule has 2 aliphatic heterocycles. The van der Waals surface area contributed by atoms with Crippen molar-refractivity contribution in [1.82, 2.24) is 10.2 Å². The van der Waals surface area contributed by atoms with Crippen molar-refractivity contribution in [2.24, 2.45) is 0 Å². The molecule has 116 valence electrons. The second-order valence-electron chi connectivity index (χ2n) is 6.40. The van der Waals surface area contributed by atoms with Gasteiger partial charge in [0.25, 0.3) is 0 Å². The van der Waals surface area contributed by atoms with E-state index in [0.29, 0.717) is 12.1 Å². The molecule has 0 aliphatic carbocycles. The zero-order valence-corrected chi connectivity index (χ0v) is 13.4. The van der Waals surface area contributed by atoms with E-state index in [4.69, 9.17) is 4.74 Å². The van der Waals surface area contributed by atoms with Crippen molar-refractivity contribution in [3.8, 4) is 5.75 Å². The Bertz CT molecular complexity index is 483. The van der Waals surface area contributed by atoms with Gasteiger partial charge in [0.15, 0.2) is 0 Å². The van der Waals surface area contributed by atoms with E-state index in [1.54, 1.807) is 7.11 Å². The minimum absolute atomic E-state index is 0.535. The van der Waals surface area contributed by atoms with Gasteiger partial charge < -0.3 is 15.0 Å². The van der Waals surface area contributed by atoms with Crippen LogP contribution in [0.5, 0.6) is 5.75 Å². The molecule has 0 bridgehead atoms. The molecule has 1 saturated heterocycles. The summed E-state index contributed by atoms with van der Waals surface area (Å²) in [6.07, 6.45) is 1.13. The van der Waals surface area contributed by atoms with Gasteiger partial charge in [-0.25, -0.2) is 0 Å². The fourth-order valence-corrected chi connectivity index (χ4v) is 3.70. The number of hydrogen-bond acceptors (Lipinski definition) is 4. The average molecular weight is 289 g/mol. The van der Waals surface area contributed by atoms with Crippen molar-refractivity contribution in [1.29, 1.82) is 0 Å². The molecule has 0 radical (unpaired) electrons. The van der Waals surface area contributed by atoms with Crippen LogP contribution in [-0.2, 0) is 6.42 Å². The van der Waals surface area contributed by atoms with Crippen LogP contribution in [0.15, 0.2) is 18.2 Å². The SMILES string of the molecule is COc1ccc2c(c1)CC(CN1CCNCC1)N2C(C)C. The van der Waals surface area contributed by atoms with E-state index in [0.717, 1.165) is 31.8 Å². The van der Waals surface area contributed by atoms with Crippen molar-refractivity contribution in [2.45, 2.75) is 32.4 Å². The van der Waals surface area contributed by atoms with Crippen molar-refractivity contribution in [3.63, 3.8) is 0 Å². The van der Waals surface area contributed by atoms with Gasteiger partial charge in [-0.2, -0.15) is 0 Å². The summed E-state index contributed by atoms with van der Waals surface area (Å²) in [6, 6.07) is 7.65. The molecule has 1 aromatic carbocycles. The number of nitrogens with zero attached hydrogens (tertiary/aromatic N) is 2. The molecule has 2 heterocycles. The molecule has 3 rings (SSSR count). The highest BCUT2D eigenvalue weighted by atomic mass is 16.5. The molecule has 0 amide bonds. The predicted molar refractivity (Wildman–Crippen MR) is 87.4 cm³/mol. The fraction of sp³-hybridized carbons (Fsp3) is 0.647. The summed E-state index contributed by atoms with van der Waals surface area (Å²) in [7, 11) is 1.75. The molecule has 0 spiro atoms. The maximum atomic E-state index is 5.38. The Labute approximate surface area is 128 Å². The van der Waals surface area contributed by atoms with Gasteiger partial charge in [0.05, 0.1) is 7.11 Å². The molecule has 21 heavy (non-hydrogen) atoms. The Balaban J connectivity index is 1.78. The second kappa shape index (κ2) is 6.24. The number of nitrogens with one attached hydrogen (secondary N) is 1. The first-order chi connectivity index (χ1) is 10.2. The van der Waals surface area contributed by atoms with Gasteiger partial charge in [-0.3, -0.25) is 4.90 Å². The molecule has 1 atom stereocenters. The summed E-state index contributed by atoms with van der Waals surface area (Å²) >= 11 is 0. The number of benzene rings is 1. The van der Waals surface area contributed by atoms with Gasteiger partial charge in [-0.05, 0) is 44.0 Å². The van der Waals surface area contributed by atoms with Gasteiger partial charge in [0, 0.05) is 50.5 Å². The minimum Gasteiger partial charge on any atom is -0.497 e. The van der Waals surface area contributed by atoms with E-state index in [1.165, 1.54) is 24.3 Å². The highest BCUT2D eigenvalue weighted by Crippen LogP contribution is 2.36. The quantitative estimate of drug-likeness (QED) is 0.914. The van der Waals surface area contributed by atoms with Gasteiger partial charge in [0.1, 0.15) is 5.75 Å². The standard InChI is InChI=1S/C17H27N3O/c1-13(2)20-15(12-19-8-6-18-7-9-19)10-14-11-16(21-3)4-5-17(14)20/h4-5,11,13,15,18H,6-10,12H2,1-3H3. The maximum absolute atomic E-state index is 5.38. The number of piperazine rings is 1. The largest absolute Gasteiger partial charge is 0.497 e. The molecule has 0 saturated carbocycles. The molecule has 1 aromatic rings. The number of anilines is 1. The first-order valence-electron chi connectivity index (χ1n) is 8.07. The number of ether oxygens (including phenoxy) is 1. The molecule has 4 nitrogen and oxygen atoms in total. The third-order valence-corrected chi connectivity index (χ3v) is 4.65. The van der Waals surface area contributed by atoms with Crippen molar-refractivity contribution >= 4 is 5.69 Å². The Kier molecular flexibility index (Phi) is 4.36. The lowest BCUT2D eigenvalue weighted by Crippen LogP contribution is -2.50. The molecule has 1 N–H and O–H groups in total. The third kappa shape index (κ3) is 3.01. The second-order valence-corrected chi connectivity index (χ2v) is 6.40. The number of hydrogen-bond donors (Lipinski definition) is 1. The predicted octanol–water partition coefficient (Wildman–Crippen LogP) is 1.74. The highest BCUT2D eigenvalue weighted by Gasteiger charge is 2.32. The summed E-state index contributed by atoms with van der Waals surface area (Å²) in [5.41, 5.74) is 2.83. The summed E-state index contributed by atoms with van der Waals surface area (Å²) in [5.74, 6) is 0.972. The summed E-state index contributed by atoms with van der Waals surface area (Å²) < 4.78 is 5.38. The molecule has 0 aromatic heterocycles. The zero-order valence-electron chi connectivity index (χ0n) is 13.4. The Hall–Kier alpha value is -1.26. The lowest BCUT2D eigenvalue weighted by atomic mass is 10.1. The van der Waals surface area contributed by atoms with Crippen LogP contribution >= 0.6 is 0 Å². The number of fused-ring (bicyclic) bond motifs is 1. The smallest absolute Gasteiger partial charge is 0.119 e. The Morgan fingerprint density at radius 2 is 2.05 bits per heavy atom. The van der Waals surface area contributed by atoms with Crippen LogP contribution in [0.4, 0.5) is 5.69 Å². The highest BCUT2D eigenvalue weighted by molar-refractivity contribution is 5.62. The lowest BCUT2D eigenvalue weighted by Gasteiger charge is -2.36. The molecule has 1 unspecified atom stereocenters. The molecule has 2 aliphatic rings. The first kappa shape index (κ1) is 14.7. The molecular weight excluding hydrogens is 262 g/mol. The summed E-state index contributed by atoms with van der Waals surface area (Å²) in [4.78, 5) is 5.19.